The molecule has 0 saturated carbocycles. The maximum absolute atomic E-state index is 11.0. The van der Waals surface area contributed by atoms with Gasteiger partial charge in [-0.2, -0.15) is 0 Å². The summed E-state index contributed by atoms with van der Waals surface area (Å²) < 4.78 is 9.53. The van der Waals surface area contributed by atoms with Crippen molar-refractivity contribution >= 4 is 5.91 Å². The molecule has 0 fully saturated rings. The molecule has 0 bridgehead atoms. The molecule has 0 aliphatic rings. The van der Waals surface area contributed by atoms with Gasteiger partial charge in [0.25, 0.3) is 5.91 Å². The third-order valence-electron chi connectivity index (χ3n) is 1.87. The van der Waals surface area contributed by atoms with Crippen LogP contribution in [0.3, 0.4) is 0 Å². The largest absolute Gasteiger partial charge is 0.507 e. The molecule has 0 unspecified atom stereocenters. The van der Waals surface area contributed by atoms with Gasteiger partial charge >= 0.3 is 0 Å². The summed E-state index contributed by atoms with van der Waals surface area (Å²) in [5, 5.41) is 19.0. The van der Waals surface area contributed by atoms with Crippen LogP contribution in [0.2, 0.25) is 0 Å². The molecule has 0 heterocycles. The standard InChI is InChI=1S/C9H11NO5/c1-14-5-3-4(11)6(9(10)13)8(15-2)7(5)12/h3,11-12H,1-2H3,(H2,10,13). The van der Waals surface area contributed by atoms with Crippen LogP contribution >= 0.6 is 0 Å². The van der Waals surface area contributed by atoms with E-state index in [-0.39, 0.29) is 22.8 Å². The molecule has 0 aromatic heterocycles. The number of benzene rings is 1. The Morgan fingerprint density at radius 2 is 1.93 bits per heavy atom. The summed E-state index contributed by atoms with van der Waals surface area (Å²) in [5.74, 6) is -1.91. The Labute approximate surface area is 85.8 Å². The van der Waals surface area contributed by atoms with Crippen LogP contribution in [0.15, 0.2) is 6.07 Å². The predicted octanol–water partition coefficient (Wildman–Crippen LogP) is 0.214. The number of primary amides is 1. The number of carbonyl (C=O) groups excluding carboxylic acids is 1. The normalized spacial score (nSPS) is 9.73. The SMILES string of the molecule is COc1cc(O)c(C(N)=O)c(OC)c1O. The Hall–Kier alpha value is -2.11. The van der Waals surface area contributed by atoms with E-state index >= 15 is 0 Å². The number of hydrogen-bond donors (Lipinski definition) is 3. The van der Waals surface area contributed by atoms with Crippen molar-refractivity contribution in [1.82, 2.24) is 0 Å². The zero-order valence-corrected chi connectivity index (χ0v) is 8.27. The van der Waals surface area contributed by atoms with E-state index in [9.17, 15) is 15.0 Å². The minimum atomic E-state index is -0.901. The monoisotopic (exact) mass is 213 g/mol. The molecule has 4 N–H and O–H groups in total. The average Bonchev–Trinajstić information content (AvgIpc) is 2.19. The molecule has 0 radical (unpaired) electrons. The molecule has 1 aromatic rings. The van der Waals surface area contributed by atoms with Crippen LogP contribution in [0.4, 0.5) is 0 Å². The Balaban J connectivity index is 3.53. The fourth-order valence-electron chi connectivity index (χ4n) is 1.20. The summed E-state index contributed by atoms with van der Waals surface area (Å²) in [7, 11) is 2.54. The molecular weight excluding hydrogens is 202 g/mol. The summed E-state index contributed by atoms with van der Waals surface area (Å²) in [5.41, 5.74) is 4.74. The van der Waals surface area contributed by atoms with Crippen molar-refractivity contribution in [2.24, 2.45) is 5.73 Å². The zero-order valence-electron chi connectivity index (χ0n) is 8.27. The quantitative estimate of drug-likeness (QED) is 0.623. The fourth-order valence-corrected chi connectivity index (χ4v) is 1.20. The lowest BCUT2D eigenvalue weighted by molar-refractivity contribution is 0.0993. The van der Waals surface area contributed by atoms with Crippen LogP contribution < -0.4 is 15.2 Å². The summed E-state index contributed by atoms with van der Waals surface area (Å²) in [4.78, 5) is 11.0. The molecule has 1 amide bonds. The van der Waals surface area contributed by atoms with Crippen molar-refractivity contribution in [3.8, 4) is 23.0 Å². The highest BCUT2D eigenvalue weighted by molar-refractivity contribution is 5.99. The second-order valence-electron chi connectivity index (χ2n) is 2.72. The first kappa shape index (κ1) is 11.0. The van der Waals surface area contributed by atoms with E-state index in [0.717, 1.165) is 6.07 Å². The maximum Gasteiger partial charge on any atom is 0.256 e. The van der Waals surface area contributed by atoms with E-state index in [1.54, 1.807) is 0 Å². The minimum absolute atomic E-state index is 0.00523. The van der Waals surface area contributed by atoms with E-state index in [0.29, 0.717) is 0 Å². The van der Waals surface area contributed by atoms with Gasteiger partial charge in [-0.25, -0.2) is 0 Å². The van der Waals surface area contributed by atoms with Crippen molar-refractivity contribution in [2.75, 3.05) is 14.2 Å². The average molecular weight is 213 g/mol. The van der Waals surface area contributed by atoms with Crippen LogP contribution in [-0.4, -0.2) is 30.3 Å². The first-order valence-electron chi connectivity index (χ1n) is 3.99. The van der Waals surface area contributed by atoms with Gasteiger partial charge in [-0.05, 0) is 0 Å². The lowest BCUT2D eigenvalue weighted by Crippen LogP contribution is -2.13. The van der Waals surface area contributed by atoms with Crippen LogP contribution in [-0.2, 0) is 0 Å². The van der Waals surface area contributed by atoms with Crippen molar-refractivity contribution in [3.05, 3.63) is 11.6 Å². The molecule has 1 aromatic carbocycles. The Bertz CT molecular complexity index is 402. The third-order valence-corrected chi connectivity index (χ3v) is 1.87. The molecule has 0 aliphatic carbocycles. The van der Waals surface area contributed by atoms with Crippen LogP contribution in [0.1, 0.15) is 10.4 Å². The lowest BCUT2D eigenvalue weighted by Gasteiger charge is -2.12. The molecule has 0 spiro atoms. The molecule has 0 saturated heterocycles. The number of hydrogen-bond acceptors (Lipinski definition) is 5. The third kappa shape index (κ3) is 1.74. The van der Waals surface area contributed by atoms with Gasteiger partial charge in [0.1, 0.15) is 11.3 Å². The number of phenols is 2. The van der Waals surface area contributed by atoms with Crippen LogP contribution in [0.5, 0.6) is 23.0 Å². The van der Waals surface area contributed by atoms with Crippen LogP contribution in [0, 0.1) is 0 Å². The van der Waals surface area contributed by atoms with Gasteiger partial charge in [-0.3, -0.25) is 4.79 Å². The second kappa shape index (κ2) is 3.95. The molecule has 82 valence electrons. The molecule has 15 heavy (non-hydrogen) atoms. The van der Waals surface area contributed by atoms with E-state index in [1.807, 2.05) is 0 Å². The van der Waals surface area contributed by atoms with Crippen molar-refractivity contribution < 1.29 is 24.5 Å². The smallest absolute Gasteiger partial charge is 0.256 e. The molecule has 6 nitrogen and oxygen atoms in total. The first-order valence-corrected chi connectivity index (χ1v) is 3.99. The highest BCUT2D eigenvalue weighted by Gasteiger charge is 2.22. The number of ether oxygens (including phenoxy) is 2. The highest BCUT2D eigenvalue weighted by atomic mass is 16.5. The summed E-state index contributed by atoms with van der Waals surface area (Å²) >= 11 is 0. The van der Waals surface area contributed by atoms with E-state index in [4.69, 9.17) is 15.2 Å². The van der Waals surface area contributed by atoms with E-state index in [2.05, 4.69) is 0 Å². The lowest BCUT2D eigenvalue weighted by atomic mass is 10.1. The number of methoxy groups -OCH3 is 2. The van der Waals surface area contributed by atoms with Crippen LogP contribution in [0.25, 0.3) is 0 Å². The van der Waals surface area contributed by atoms with E-state index in [1.165, 1.54) is 14.2 Å². The summed E-state index contributed by atoms with van der Waals surface area (Å²) in [6, 6.07) is 1.08. The molecule has 1 rings (SSSR count). The van der Waals surface area contributed by atoms with Crippen molar-refractivity contribution in [3.63, 3.8) is 0 Å². The summed E-state index contributed by atoms with van der Waals surface area (Å²) in [6.07, 6.45) is 0. The highest BCUT2D eigenvalue weighted by Crippen LogP contribution is 2.43. The molecule has 0 aliphatic heterocycles. The molecular formula is C9H11NO5. The minimum Gasteiger partial charge on any atom is -0.507 e. The number of amides is 1. The Morgan fingerprint density at radius 3 is 2.33 bits per heavy atom. The Morgan fingerprint density at radius 1 is 1.33 bits per heavy atom. The van der Waals surface area contributed by atoms with Gasteiger partial charge in [0.05, 0.1) is 14.2 Å². The van der Waals surface area contributed by atoms with Gasteiger partial charge in [0.2, 0.25) is 5.75 Å². The molecule has 6 heteroatoms. The summed E-state index contributed by atoms with van der Waals surface area (Å²) in [6.45, 7) is 0. The number of carbonyl (C=O) groups is 1. The predicted molar refractivity (Wildman–Crippen MR) is 51.4 cm³/mol. The number of rotatable bonds is 3. The number of nitrogens with two attached hydrogens (primary N) is 1. The van der Waals surface area contributed by atoms with Crippen molar-refractivity contribution in [2.45, 2.75) is 0 Å². The topological polar surface area (TPSA) is 102 Å². The fraction of sp³-hybridized carbons (Fsp3) is 0.222. The van der Waals surface area contributed by atoms with Gasteiger partial charge in [-0.15, -0.1) is 0 Å². The van der Waals surface area contributed by atoms with Crippen molar-refractivity contribution in [1.29, 1.82) is 0 Å². The maximum atomic E-state index is 11.0. The second-order valence-corrected chi connectivity index (χ2v) is 2.72. The van der Waals surface area contributed by atoms with E-state index < -0.39 is 11.7 Å². The molecule has 0 atom stereocenters. The first-order chi connectivity index (χ1) is 7.02. The Kier molecular flexibility index (Phi) is 2.89. The number of aromatic hydroxyl groups is 2. The van der Waals surface area contributed by atoms with Gasteiger partial charge in [0.15, 0.2) is 11.5 Å². The zero-order chi connectivity index (χ0) is 11.6. The number of phenolic OH excluding ortho intramolecular Hbond substituents is 1. The van der Waals surface area contributed by atoms with Gasteiger partial charge in [0, 0.05) is 6.07 Å². The van der Waals surface area contributed by atoms with Gasteiger partial charge < -0.3 is 25.4 Å². The van der Waals surface area contributed by atoms with Gasteiger partial charge in [-0.1, -0.05) is 0 Å².